The lowest BCUT2D eigenvalue weighted by atomic mass is 10.2. The number of aryl methyl sites for hydroxylation is 2. The van der Waals surface area contributed by atoms with Crippen molar-refractivity contribution in [1.29, 1.82) is 0 Å². The first kappa shape index (κ1) is 7.06. The van der Waals surface area contributed by atoms with Crippen molar-refractivity contribution in [1.82, 2.24) is 4.57 Å². The topological polar surface area (TPSA) is 22.0 Å². The van der Waals surface area contributed by atoms with E-state index in [1.807, 2.05) is 36.2 Å². The molecule has 0 fully saturated rings. The van der Waals surface area contributed by atoms with E-state index in [2.05, 4.69) is 0 Å². The molecule has 0 atom stereocenters. The number of hydrogen-bond acceptors (Lipinski definition) is 1. The van der Waals surface area contributed by atoms with E-state index in [1.165, 1.54) is 5.69 Å². The minimum absolute atomic E-state index is 0.498. The molecule has 1 rings (SSSR count). The third kappa shape index (κ3) is 1.47. The third-order valence-electron chi connectivity index (χ3n) is 1.53. The van der Waals surface area contributed by atoms with Crippen molar-refractivity contribution in [2.45, 2.75) is 12.8 Å². The summed E-state index contributed by atoms with van der Waals surface area (Å²) in [5.41, 5.74) is 1.18. The Labute approximate surface area is 60.5 Å². The number of hydrogen-bond donors (Lipinski definition) is 0. The highest BCUT2D eigenvalue weighted by Gasteiger charge is 1.94. The van der Waals surface area contributed by atoms with Crippen molar-refractivity contribution in [3.63, 3.8) is 0 Å². The van der Waals surface area contributed by atoms with Gasteiger partial charge in [0.25, 0.3) is 0 Å². The summed E-state index contributed by atoms with van der Waals surface area (Å²) in [6.07, 6.45) is 5.14. The summed E-state index contributed by atoms with van der Waals surface area (Å²) in [6, 6.07) is 3.98. The van der Waals surface area contributed by atoms with E-state index < -0.39 is 0 Å². The first-order chi connectivity index (χ1) is 4.84. The Hall–Kier alpha value is -1.05. The zero-order valence-electron chi connectivity index (χ0n) is 6.00. The fourth-order valence-electron chi connectivity index (χ4n) is 0.935. The van der Waals surface area contributed by atoms with Gasteiger partial charge in [0, 0.05) is 25.4 Å². The molecule has 0 N–H and O–H groups in total. The quantitative estimate of drug-likeness (QED) is 0.609. The Kier molecular flexibility index (Phi) is 2.26. The van der Waals surface area contributed by atoms with Gasteiger partial charge in [0.2, 0.25) is 0 Å². The van der Waals surface area contributed by atoms with E-state index >= 15 is 0 Å². The van der Waals surface area contributed by atoms with E-state index in [1.54, 1.807) is 0 Å². The molecule has 10 heavy (non-hydrogen) atoms. The van der Waals surface area contributed by atoms with Crippen molar-refractivity contribution >= 4 is 6.29 Å². The third-order valence-corrected chi connectivity index (χ3v) is 1.53. The second-order valence-electron chi connectivity index (χ2n) is 2.25. The molecule has 1 aromatic rings. The molecule has 1 radical (unpaired) electrons. The van der Waals surface area contributed by atoms with E-state index in [0.29, 0.717) is 6.42 Å². The highest BCUT2D eigenvalue weighted by atomic mass is 16.1. The molecule has 0 bridgehead atoms. The van der Waals surface area contributed by atoms with Crippen molar-refractivity contribution in [3.05, 3.63) is 24.0 Å². The van der Waals surface area contributed by atoms with Crippen molar-refractivity contribution in [2.75, 3.05) is 0 Å². The molecule has 0 amide bonds. The summed E-state index contributed by atoms with van der Waals surface area (Å²) in [7, 11) is 1.97. The lowest BCUT2D eigenvalue weighted by Gasteiger charge is -1.97. The van der Waals surface area contributed by atoms with Crippen LogP contribution < -0.4 is 0 Å². The molecule has 0 spiro atoms. The maximum atomic E-state index is 9.88. The molecule has 0 saturated carbocycles. The Morgan fingerprint density at radius 1 is 1.70 bits per heavy atom. The molecular formula is C8H10NO. The SMILES string of the molecule is Cn1cccc1CC[C]=O. The molecule has 0 aliphatic carbocycles. The van der Waals surface area contributed by atoms with Gasteiger partial charge in [0.15, 0.2) is 6.29 Å². The van der Waals surface area contributed by atoms with Crippen LogP contribution in [0.25, 0.3) is 0 Å². The highest BCUT2D eigenvalue weighted by Crippen LogP contribution is 2.01. The largest absolute Gasteiger partial charge is 0.354 e. The zero-order chi connectivity index (χ0) is 7.40. The minimum Gasteiger partial charge on any atom is -0.354 e. The van der Waals surface area contributed by atoms with Crippen LogP contribution in [0.15, 0.2) is 18.3 Å². The molecule has 2 nitrogen and oxygen atoms in total. The monoisotopic (exact) mass is 136 g/mol. The molecule has 0 aromatic carbocycles. The van der Waals surface area contributed by atoms with Crippen LogP contribution in [0.2, 0.25) is 0 Å². The molecule has 53 valence electrons. The van der Waals surface area contributed by atoms with E-state index in [-0.39, 0.29) is 0 Å². The molecule has 0 aliphatic rings. The fourth-order valence-corrected chi connectivity index (χ4v) is 0.935. The predicted octanol–water partition coefficient (Wildman–Crippen LogP) is 1.07. The first-order valence-corrected chi connectivity index (χ1v) is 3.30. The Morgan fingerprint density at radius 3 is 3.00 bits per heavy atom. The van der Waals surface area contributed by atoms with Gasteiger partial charge in [-0.1, -0.05) is 0 Å². The van der Waals surface area contributed by atoms with Gasteiger partial charge in [0.1, 0.15) is 0 Å². The second kappa shape index (κ2) is 3.20. The van der Waals surface area contributed by atoms with Gasteiger partial charge in [-0.05, 0) is 18.6 Å². The van der Waals surface area contributed by atoms with Gasteiger partial charge in [-0.3, -0.25) is 4.79 Å². The van der Waals surface area contributed by atoms with Crippen LogP contribution in [0.3, 0.4) is 0 Å². The van der Waals surface area contributed by atoms with Crippen LogP contribution in [0.1, 0.15) is 12.1 Å². The molecule has 0 aliphatic heterocycles. The van der Waals surface area contributed by atoms with E-state index in [9.17, 15) is 4.79 Å². The fraction of sp³-hybridized carbons (Fsp3) is 0.375. The average molecular weight is 136 g/mol. The molecule has 1 heterocycles. The number of aromatic nitrogens is 1. The lowest BCUT2D eigenvalue weighted by Crippen LogP contribution is -1.94. The highest BCUT2D eigenvalue weighted by molar-refractivity contribution is 5.50. The van der Waals surface area contributed by atoms with Gasteiger partial charge in [0.05, 0.1) is 0 Å². The van der Waals surface area contributed by atoms with Crippen LogP contribution in [0.5, 0.6) is 0 Å². The molecule has 0 saturated heterocycles. The minimum atomic E-state index is 0.498. The summed E-state index contributed by atoms with van der Waals surface area (Å²) >= 11 is 0. The Morgan fingerprint density at radius 2 is 2.50 bits per heavy atom. The van der Waals surface area contributed by atoms with Crippen LogP contribution in [-0.4, -0.2) is 10.9 Å². The van der Waals surface area contributed by atoms with Crippen molar-refractivity contribution in [2.24, 2.45) is 7.05 Å². The maximum absolute atomic E-state index is 9.88. The van der Waals surface area contributed by atoms with E-state index in [0.717, 1.165) is 6.42 Å². The first-order valence-electron chi connectivity index (χ1n) is 3.30. The lowest BCUT2D eigenvalue weighted by molar-refractivity contribution is 0.550. The molecule has 2 heteroatoms. The van der Waals surface area contributed by atoms with Crippen LogP contribution in [0, 0.1) is 0 Å². The second-order valence-corrected chi connectivity index (χ2v) is 2.25. The van der Waals surface area contributed by atoms with Crippen LogP contribution in [0.4, 0.5) is 0 Å². The molecule has 1 aromatic heterocycles. The average Bonchev–Trinajstić information content (AvgIpc) is 2.31. The number of rotatable bonds is 3. The maximum Gasteiger partial charge on any atom is 0.198 e. The summed E-state index contributed by atoms with van der Waals surface area (Å²) < 4.78 is 2.01. The summed E-state index contributed by atoms with van der Waals surface area (Å²) in [6.45, 7) is 0. The zero-order valence-corrected chi connectivity index (χ0v) is 6.00. The molecular weight excluding hydrogens is 126 g/mol. The normalized spacial score (nSPS) is 9.70. The van der Waals surface area contributed by atoms with Crippen LogP contribution in [-0.2, 0) is 18.3 Å². The Bertz CT molecular complexity index is 215. The summed E-state index contributed by atoms with van der Waals surface area (Å²) in [5.74, 6) is 0. The number of carbonyl (C=O) groups excluding carboxylic acids is 1. The van der Waals surface area contributed by atoms with Gasteiger partial charge in [-0.15, -0.1) is 0 Å². The van der Waals surface area contributed by atoms with Gasteiger partial charge in [-0.2, -0.15) is 0 Å². The van der Waals surface area contributed by atoms with Gasteiger partial charge in [-0.25, -0.2) is 0 Å². The molecule has 0 unspecified atom stereocenters. The van der Waals surface area contributed by atoms with Gasteiger partial charge < -0.3 is 4.57 Å². The predicted molar refractivity (Wildman–Crippen MR) is 39.4 cm³/mol. The smallest absolute Gasteiger partial charge is 0.198 e. The van der Waals surface area contributed by atoms with Crippen molar-refractivity contribution in [3.8, 4) is 0 Å². The van der Waals surface area contributed by atoms with Gasteiger partial charge >= 0.3 is 0 Å². The number of nitrogens with zero attached hydrogens (tertiary/aromatic N) is 1. The summed E-state index contributed by atoms with van der Waals surface area (Å²) in [5, 5.41) is 0. The van der Waals surface area contributed by atoms with Crippen molar-refractivity contribution < 1.29 is 4.79 Å². The van der Waals surface area contributed by atoms with E-state index in [4.69, 9.17) is 0 Å². The van der Waals surface area contributed by atoms with Crippen LogP contribution >= 0.6 is 0 Å². The Balaban J connectivity index is 2.56. The standard InChI is InChI=1S/C8H10NO/c1-9-6-2-4-8(9)5-3-7-10/h2,4,6H,3,5H2,1H3. The summed E-state index contributed by atoms with van der Waals surface area (Å²) in [4.78, 5) is 9.88.